The maximum atomic E-state index is 12.0. The molecule has 0 saturated heterocycles. The fourth-order valence-electron chi connectivity index (χ4n) is 2.29. The standard InChI is InChI=1S/C17H17N3O/c1-2-13-6-5-7-14(10-13)18-12-15-11-17(21)20-9-4-3-8-16(20)19-15/h3-11,18H,2,12H2,1H3. The van der Waals surface area contributed by atoms with Crippen LogP contribution in [0.15, 0.2) is 59.5 Å². The lowest BCUT2D eigenvalue weighted by Gasteiger charge is -2.08. The highest BCUT2D eigenvalue weighted by Crippen LogP contribution is 2.12. The molecule has 2 aromatic heterocycles. The van der Waals surface area contributed by atoms with Crippen LogP contribution < -0.4 is 10.9 Å². The number of nitrogens with zero attached hydrogens (tertiary/aromatic N) is 2. The predicted octanol–water partition coefficient (Wildman–Crippen LogP) is 2.87. The summed E-state index contributed by atoms with van der Waals surface area (Å²) in [5, 5.41) is 3.32. The Morgan fingerprint density at radius 1 is 1.14 bits per heavy atom. The Labute approximate surface area is 123 Å². The summed E-state index contributed by atoms with van der Waals surface area (Å²) < 4.78 is 1.54. The average molecular weight is 279 g/mol. The second kappa shape index (κ2) is 5.79. The van der Waals surface area contributed by atoms with Gasteiger partial charge in [0.2, 0.25) is 0 Å². The molecule has 0 fully saturated rings. The highest BCUT2D eigenvalue weighted by Gasteiger charge is 2.02. The number of hydrogen-bond donors (Lipinski definition) is 1. The lowest BCUT2D eigenvalue weighted by molar-refractivity contribution is 0.971. The van der Waals surface area contributed by atoms with E-state index in [0.717, 1.165) is 17.8 Å². The van der Waals surface area contributed by atoms with E-state index in [4.69, 9.17) is 0 Å². The number of fused-ring (bicyclic) bond motifs is 1. The van der Waals surface area contributed by atoms with Crippen LogP contribution in [-0.4, -0.2) is 9.38 Å². The summed E-state index contributed by atoms with van der Waals surface area (Å²) in [6.45, 7) is 2.67. The van der Waals surface area contributed by atoms with Crippen LogP contribution in [0.25, 0.3) is 5.65 Å². The highest BCUT2D eigenvalue weighted by molar-refractivity contribution is 5.46. The monoisotopic (exact) mass is 279 g/mol. The quantitative estimate of drug-likeness (QED) is 0.798. The van der Waals surface area contributed by atoms with Gasteiger partial charge in [0.15, 0.2) is 0 Å². The molecule has 1 N–H and O–H groups in total. The molecule has 2 heterocycles. The third-order valence-corrected chi connectivity index (χ3v) is 3.43. The number of rotatable bonds is 4. The van der Waals surface area contributed by atoms with E-state index in [1.165, 1.54) is 5.56 Å². The molecular formula is C17H17N3O. The first-order chi connectivity index (χ1) is 10.3. The van der Waals surface area contributed by atoms with Crippen molar-refractivity contribution in [1.82, 2.24) is 9.38 Å². The van der Waals surface area contributed by atoms with Gasteiger partial charge in [0.25, 0.3) is 5.56 Å². The molecule has 0 aliphatic rings. The van der Waals surface area contributed by atoms with Gasteiger partial charge in [-0.1, -0.05) is 25.1 Å². The van der Waals surface area contributed by atoms with Gasteiger partial charge < -0.3 is 5.32 Å². The highest BCUT2D eigenvalue weighted by atomic mass is 16.1. The van der Waals surface area contributed by atoms with Crippen molar-refractivity contribution in [3.8, 4) is 0 Å². The van der Waals surface area contributed by atoms with E-state index in [1.807, 2.05) is 30.3 Å². The van der Waals surface area contributed by atoms with E-state index >= 15 is 0 Å². The van der Waals surface area contributed by atoms with Gasteiger partial charge >= 0.3 is 0 Å². The maximum absolute atomic E-state index is 12.0. The molecule has 3 aromatic rings. The lowest BCUT2D eigenvalue weighted by atomic mass is 10.1. The van der Waals surface area contributed by atoms with E-state index in [0.29, 0.717) is 12.2 Å². The van der Waals surface area contributed by atoms with Crippen molar-refractivity contribution < 1.29 is 0 Å². The van der Waals surface area contributed by atoms with Gasteiger partial charge in [-0.25, -0.2) is 4.98 Å². The van der Waals surface area contributed by atoms with E-state index in [1.54, 1.807) is 16.7 Å². The van der Waals surface area contributed by atoms with Crippen molar-refractivity contribution in [2.75, 3.05) is 5.32 Å². The first-order valence-electron chi connectivity index (χ1n) is 7.06. The molecule has 106 valence electrons. The Balaban J connectivity index is 1.83. The third kappa shape index (κ3) is 2.94. The largest absolute Gasteiger partial charge is 0.379 e. The Hall–Kier alpha value is -2.62. The number of hydrogen-bond acceptors (Lipinski definition) is 3. The number of benzene rings is 1. The van der Waals surface area contributed by atoms with Crippen molar-refractivity contribution in [2.24, 2.45) is 0 Å². The van der Waals surface area contributed by atoms with Crippen LogP contribution in [0.4, 0.5) is 5.69 Å². The van der Waals surface area contributed by atoms with Gasteiger partial charge in [0.05, 0.1) is 12.2 Å². The van der Waals surface area contributed by atoms with Crippen molar-refractivity contribution in [3.63, 3.8) is 0 Å². The Bertz CT molecular complexity index is 823. The predicted molar refractivity (Wildman–Crippen MR) is 84.6 cm³/mol. The molecule has 0 atom stereocenters. The molecule has 0 bridgehead atoms. The minimum absolute atomic E-state index is 0.0558. The number of aryl methyl sites for hydroxylation is 1. The minimum atomic E-state index is -0.0558. The molecule has 4 nitrogen and oxygen atoms in total. The van der Waals surface area contributed by atoms with E-state index in [9.17, 15) is 4.79 Å². The van der Waals surface area contributed by atoms with Gasteiger partial charge in [0, 0.05) is 18.0 Å². The normalized spacial score (nSPS) is 10.7. The molecule has 0 unspecified atom stereocenters. The lowest BCUT2D eigenvalue weighted by Crippen LogP contribution is -2.16. The summed E-state index contributed by atoms with van der Waals surface area (Å²) in [7, 11) is 0. The van der Waals surface area contributed by atoms with Crippen LogP contribution in [0.2, 0.25) is 0 Å². The van der Waals surface area contributed by atoms with E-state index in [-0.39, 0.29) is 5.56 Å². The number of pyridine rings is 1. The zero-order valence-electron chi connectivity index (χ0n) is 11.9. The van der Waals surface area contributed by atoms with Crippen LogP contribution >= 0.6 is 0 Å². The van der Waals surface area contributed by atoms with Gasteiger partial charge in [-0.2, -0.15) is 0 Å². The second-order valence-corrected chi connectivity index (χ2v) is 4.92. The molecule has 4 heteroatoms. The van der Waals surface area contributed by atoms with Crippen molar-refractivity contribution in [2.45, 2.75) is 19.9 Å². The summed E-state index contributed by atoms with van der Waals surface area (Å²) in [6.07, 6.45) is 2.73. The molecule has 0 radical (unpaired) electrons. The third-order valence-electron chi connectivity index (χ3n) is 3.43. The Morgan fingerprint density at radius 2 is 2.05 bits per heavy atom. The molecule has 0 aliphatic heterocycles. The van der Waals surface area contributed by atoms with Crippen molar-refractivity contribution >= 4 is 11.3 Å². The van der Waals surface area contributed by atoms with E-state index in [2.05, 4.69) is 29.4 Å². The Kier molecular flexibility index (Phi) is 3.69. The zero-order chi connectivity index (χ0) is 14.7. The average Bonchev–Trinajstić information content (AvgIpc) is 2.53. The Morgan fingerprint density at radius 3 is 2.90 bits per heavy atom. The first kappa shape index (κ1) is 13.4. The first-order valence-corrected chi connectivity index (χ1v) is 7.06. The molecule has 1 aromatic carbocycles. The summed E-state index contributed by atoms with van der Waals surface area (Å²) in [4.78, 5) is 16.5. The number of anilines is 1. The second-order valence-electron chi connectivity index (χ2n) is 4.92. The molecular weight excluding hydrogens is 262 g/mol. The van der Waals surface area contributed by atoms with Gasteiger partial charge in [-0.15, -0.1) is 0 Å². The SMILES string of the molecule is CCc1cccc(NCc2cc(=O)n3ccccc3n2)c1. The fourth-order valence-corrected chi connectivity index (χ4v) is 2.29. The van der Waals surface area contributed by atoms with Crippen molar-refractivity contribution in [3.05, 3.63) is 76.3 Å². The van der Waals surface area contributed by atoms with Crippen LogP contribution in [0.3, 0.4) is 0 Å². The maximum Gasteiger partial charge on any atom is 0.258 e. The molecule has 0 amide bonds. The molecule has 21 heavy (non-hydrogen) atoms. The van der Waals surface area contributed by atoms with E-state index < -0.39 is 0 Å². The molecule has 0 aliphatic carbocycles. The summed E-state index contributed by atoms with van der Waals surface area (Å²) in [5.41, 5.74) is 3.69. The van der Waals surface area contributed by atoms with Crippen LogP contribution in [0, 0.1) is 0 Å². The zero-order valence-corrected chi connectivity index (χ0v) is 11.9. The summed E-state index contributed by atoms with van der Waals surface area (Å²) >= 11 is 0. The smallest absolute Gasteiger partial charge is 0.258 e. The van der Waals surface area contributed by atoms with Crippen molar-refractivity contribution in [1.29, 1.82) is 0 Å². The number of nitrogens with one attached hydrogen (secondary N) is 1. The summed E-state index contributed by atoms with van der Waals surface area (Å²) in [5.74, 6) is 0. The topological polar surface area (TPSA) is 46.4 Å². The minimum Gasteiger partial charge on any atom is -0.379 e. The van der Waals surface area contributed by atoms with Gasteiger partial charge in [-0.3, -0.25) is 9.20 Å². The van der Waals surface area contributed by atoms with Crippen LogP contribution in [-0.2, 0) is 13.0 Å². The molecule has 3 rings (SSSR count). The van der Waals surface area contributed by atoms with Gasteiger partial charge in [-0.05, 0) is 36.2 Å². The fraction of sp³-hybridized carbons (Fsp3) is 0.176. The summed E-state index contributed by atoms with van der Waals surface area (Å²) in [6, 6.07) is 15.4. The number of aromatic nitrogens is 2. The van der Waals surface area contributed by atoms with Crippen LogP contribution in [0.1, 0.15) is 18.2 Å². The van der Waals surface area contributed by atoms with Crippen LogP contribution in [0.5, 0.6) is 0 Å². The molecule has 0 saturated carbocycles. The molecule has 0 spiro atoms. The van der Waals surface area contributed by atoms with Gasteiger partial charge in [0.1, 0.15) is 5.65 Å².